The van der Waals surface area contributed by atoms with Crippen LogP contribution in [0.15, 0.2) is 66.2 Å². The van der Waals surface area contributed by atoms with E-state index in [4.69, 9.17) is 21.1 Å². The number of amides is 1. The van der Waals surface area contributed by atoms with Gasteiger partial charge in [0.25, 0.3) is 11.7 Å². The lowest BCUT2D eigenvalue weighted by atomic mass is 9.94. The number of ketones is 1. The highest BCUT2D eigenvalue weighted by Gasteiger charge is 2.47. The minimum atomic E-state index is -0.866. The number of carbonyl (C=O) groups is 2. The van der Waals surface area contributed by atoms with Crippen molar-refractivity contribution in [2.24, 2.45) is 0 Å². The molecule has 1 heterocycles. The Morgan fingerprint density at radius 3 is 2.22 bits per heavy atom. The van der Waals surface area contributed by atoms with Crippen molar-refractivity contribution in [3.8, 4) is 11.5 Å². The molecule has 1 saturated heterocycles. The Morgan fingerprint density at radius 1 is 0.972 bits per heavy atom. The maximum atomic E-state index is 13.5. The third-order valence-electron chi connectivity index (χ3n) is 6.18. The van der Waals surface area contributed by atoms with Crippen molar-refractivity contribution < 1.29 is 24.2 Å². The predicted molar refractivity (Wildman–Crippen MR) is 141 cm³/mol. The summed E-state index contributed by atoms with van der Waals surface area (Å²) in [6.45, 7) is 1.91. The molecule has 1 unspecified atom stereocenters. The molecule has 1 atom stereocenters. The Balaban J connectivity index is 1.99. The van der Waals surface area contributed by atoms with Crippen molar-refractivity contribution in [1.29, 1.82) is 0 Å². The summed E-state index contributed by atoms with van der Waals surface area (Å²) in [5.41, 5.74) is 3.24. The number of carbonyl (C=O) groups excluding carboxylic acids is 2. The summed E-state index contributed by atoms with van der Waals surface area (Å²) < 4.78 is 10.7. The van der Waals surface area contributed by atoms with Gasteiger partial charge in [0.2, 0.25) is 0 Å². The van der Waals surface area contributed by atoms with E-state index in [2.05, 4.69) is 0 Å². The molecule has 186 valence electrons. The maximum absolute atomic E-state index is 13.5. The van der Waals surface area contributed by atoms with Crippen molar-refractivity contribution in [3.05, 3.63) is 87.9 Å². The van der Waals surface area contributed by atoms with Crippen LogP contribution < -0.4 is 19.3 Å². The lowest BCUT2D eigenvalue weighted by Gasteiger charge is -2.26. The topological polar surface area (TPSA) is 79.3 Å². The van der Waals surface area contributed by atoms with Gasteiger partial charge < -0.3 is 19.5 Å². The second-order valence-electron chi connectivity index (χ2n) is 8.68. The summed E-state index contributed by atoms with van der Waals surface area (Å²) in [7, 11) is 6.72. The summed E-state index contributed by atoms with van der Waals surface area (Å²) >= 11 is 6.24. The van der Waals surface area contributed by atoms with E-state index < -0.39 is 17.7 Å². The minimum Gasteiger partial charge on any atom is -0.507 e. The Morgan fingerprint density at radius 2 is 1.64 bits per heavy atom. The van der Waals surface area contributed by atoms with Crippen LogP contribution in [-0.2, 0) is 9.59 Å². The normalized spacial score (nSPS) is 16.8. The van der Waals surface area contributed by atoms with Gasteiger partial charge in [0.15, 0.2) is 0 Å². The quantitative estimate of drug-likeness (QED) is 0.275. The number of aliphatic hydroxyl groups excluding tert-OH is 1. The summed E-state index contributed by atoms with van der Waals surface area (Å²) in [6, 6.07) is 16.9. The maximum Gasteiger partial charge on any atom is 0.300 e. The molecule has 1 N–H and O–H groups in total. The molecule has 3 aromatic carbocycles. The molecule has 0 aliphatic carbocycles. The smallest absolute Gasteiger partial charge is 0.300 e. The number of hydrogen-bond donors (Lipinski definition) is 1. The van der Waals surface area contributed by atoms with Gasteiger partial charge in [-0.25, -0.2) is 0 Å². The van der Waals surface area contributed by atoms with E-state index in [0.29, 0.717) is 17.0 Å². The predicted octanol–water partition coefficient (Wildman–Crippen LogP) is 5.36. The van der Waals surface area contributed by atoms with Crippen molar-refractivity contribution in [2.75, 3.05) is 38.1 Å². The Kier molecular flexibility index (Phi) is 6.95. The molecule has 1 aliphatic heterocycles. The number of halogens is 1. The standard InChI is InChI=1S/C28H27ClN2O5/c1-16-7-6-8-19(13-16)31-25(17-9-11-18(12-10-17)30(2)3)24(27(33)28(31)34)26(32)20-14-23(36-5)21(29)15-22(20)35-4/h6-15,25,32H,1-5H3/b26-24+. The average Bonchev–Trinajstić information content (AvgIpc) is 3.13. The molecule has 8 heteroatoms. The second kappa shape index (κ2) is 9.95. The third-order valence-corrected chi connectivity index (χ3v) is 6.47. The van der Waals surface area contributed by atoms with Gasteiger partial charge in [-0.2, -0.15) is 0 Å². The first-order valence-electron chi connectivity index (χ1n) is 11.2. The van der Waals surface area contributed by atoms with Crippen molar-refractivity contribution in [2.45, 2.75) is 13.0 Å². The van der Waals surface area contributed by atoms with Gasteiger partial charge in [-0.1, -0.05) is 35.9 Å². The molecular formula is C28H27ClN2O5. The van der Waals surface area contributed by atoms with Crippen LogP contribution in [0.1, 0.15) is 22.7 Å². The molecule has 0 spiro atoms. The van der Waals surface area contributed by atoms with Gasteiger partial charge in [0.1, 0.15) is 17.3 Å². The van der Waals surface area contributed by atoms with Gasteiger partial charge in [0, 0.05) is 31.5 Å². The SMILES string of the molecule is COc1cc(/C(O)=C2\C(=O)C(=O)N(c3cccc(C)c3)C2c2ccc(N(C)C)cc2)c(OC)cc1Cl. The number of hydrogen-bond acceptors (Lipinski definition) is 6. The first-order valence-corrected chi connectivity index (χ1v) is 11.6. The number of ether oxygens (including phenoxy) is 2. The first-order chi connectivity index (χ1) is 17.2. The highest BCUT2D eigenvalue weighted by atomic mass is 35.5. The van der Waals surface area contributed by atoms with Crippen molar-refractivity contribution in [3.63, 3.8) is 0 Å². The fourth-order valence-electron chi connectivity index (χ4n) is 4.34. The van der Waals surface area contributed by atoms with E-state index in [1.807, 2.05) is 68.4 Å². The summed E-state index contributed by atoms with van der Waals surface area (Å²) in [6.07, 6.45) is 0. The van der Waals surface area contributed by atoms with Gasteiger partial charge in [0.05, 0.1) is 36.4 Å². The number of aliphatic hydroxyl groups is 1. The van der Waals surface area contributed by atoms with Gasteiger partial charge in [-0.05, 0) is 48.4 Å². The molecule has 1 amide bonds. The van der Waals surface area contributed by atoms with Crippen LogP contribution in [0.2, 0.25) is 5.02 Å². The van der Waals surface area contributed by atoms with E-state index in [9.17, 15) is 14.7 Å². The monoisotopic (exact) mass is 506 g/mol. The molecule has 4 rings (SSSR count). The van der Waals surface area contributed by atoms with Gasteiger partial charge in [-0.15, -0.1) is 0 Å². The number of benzene rings is 3. The molecule has 0 saturated carbocycles. The largest absolute Gasteiger partial charge is 0.507 e. The van der Waals surface area contributed by atoms with E-state index >= 15 is 0 Å². The van der Waals surface area contributed by atoms with Gasteiger partial charge in [-0.3, -0.25) is 14.5 Å². The first kappa shape index (κ1) is 25.1. The Bertz CT molecular complexity index is 1360. The van der Waals surface area contributed by atoms with Crippen LogP contribution in [-0.4, -0.2) is 45.1 Å². The Labute approximate surface area is 215 Å². The molecule has 7 nitrogen and oxygen atoms in total. The van der Waals surface area contributed by atoms with Crippen LogP contribution >= 0.6 is 11.6 Å². The highest BCUT2D eigenvalue weighted by Crippen LogP contribution is 2.45. The molecule has 1 fully saturated rings. The number of aryl methyl sites for hydroxylation is 1. The van der Waals surface area contributed by atoms with Crippen LogP contribution in [0.25, 0.3) is 5.76 Å². The van der Waals surface area contributed by atoms with Crippen LogP contribution in [0.3, 0.4) is 0 Å². The molecule has 0 aromatic heterocycles. The zero-order valence-corrected chi connectivity index (χ0v) is 21.5. The molecule has 36 heavy (non-hydrogen) atoms. The lowest BCUT2D eigenvalue weighted by molar-refractivity contribution is -0.132. The minimum absolute atomic E-state index is 0.0539. The van der Waals surface area contributed by atoms with E-state index in [0.717, 1.165) is 11.3 Å². The lowest BCUT2D eigenvalue weighted by Crippen LogP contribution is -2.29. The molecular weight excluding hydrogens is 480 g/mol. The third kappa shape index (κ3) is 4.38. The number of nitrogens with zero attached hydrogens (tertiary/aromatic N) is 2. The van der Waals surface area contributed by atoms with E-state index in [1.165, 1.54) is 31.3 Å². The molecule has 0 bridgehead atoms. The second-order valence-corrected chi connectivity index (χ2v) is 9.09. The van der Waals surface area contributed by atoms with E-state index in [1.54, 1.807) is 6.07 Å². The number of rotatable bonds is 6. The molecule has 3 aromatic rings. The number of Topliss-reactive ketones (excluding diaryl/α,β-unsaturated/α-hetero) is 1. The zero-order chi connectivity index (χ0) is 26.1. The van der Waals surface area contributed by atoms with Crippen LogP contribution in [0, 0.1) is 6.92 Å². The molecule has 1 aliphatic rings. The zero-order valence-electron chi connectivity index (χ0n) is 20.7. The van der Waals surface area contributed by atoms with Crippen molar-refractivity contribution >= 4 is 40.4 Å². The fraction of sp³-hybridized carbons (Fsp3) is 0.214. The number of methoxy groups -OCH3 is 2. The fourth-order valence-corrected chi connectivity index (χ4v) is 4.57. The summed E-state index contributed by atoms with van der Waals surface area (Å²) in [5.74, 6) is -1.38. The van der Waals surface area contributed by atoms with Gasteiger partial charge >= 0.3 is 0 Å². The highest BCUT2D eigenvalue weighted by molar-refractivity contribution is 6.51. The van der Waals surface area contributed by atoms with Crippen LogP contribution in [0.4, 0.5) is 11.4 Å². The summed E-state index contributed by atoms with van der Waals surface area (Å²) in [5, 5.41) is 11.8. The average molecular weight is 507 g/mol. The van der Waals surface area contributed by atoms with Crippen molar-refractivity contribution in [1.82, 2.24) is 0 Å². The summed E-state index contributed by atoms with van der Waals surface area (Å²) in [4.78, 5) is 30.2. The van der Waals surface area contributed by atoms with E-state index in [-0.39, 0.29) is 27.7 Å². The Hall–Kier alpha value is -3.97. The number of anilines is 2. The van der Waals surface area contributed by atoms with Crippen LogP contribution in [0.5, 0.6) is 11.5 Å². The molecule has 0 radical (unpaired) electrons.